The Morgan fingerprint density at radius 2 is 1.95 bits per heavy atom. The second kappa shape index (κ2) is 4.93. The van der Waals surface area contributed by atoms with Gasteiger partial charge >= 0.3 is 0 Å². The molecule has 0 aromatic carbocycles. The van der Waals surface area contributed by atoms with Crippen molar-refractivity contribution in [3.8, 4) is 0 Å². The first-order valence-electron chi connectivity index (χ1n) is 7.23. The molecule has 0 aromatic rings. The molecule has 1 aliphatic heterocycles. The van der Waals surface area contributed by atoms with Gasteiger partial charge in [-0.2, -0.15) is 0 Å². The van der Waals surface area contributed by atoms with Gasteiger partial charge in [0.2, 0.25) is 5.91 Å². The van der Waals surface area contributed by atoms with Crippen LogP contribution < -0.4 is 0 Å². The second-order valence-electron chi connectivity index (χ2n) is 6.06. The molecule has 2 fully saturated rings. The van der Waals surface area contributed by atoms with E-state index in [1.54, 1.807) is 0 Å². The summed E-state index contributed by atoms with van der Waals surface area (Å²) in [6.45, 7) is 0. The number of nitrogens with zero attached hydrogens (tertiary/aromatic N) is 1. The highest BCUT2D eigenvalue weighted by Gasteiger charge is 2.42. The number of carbonyl (C=O) groups excluding carboxylic acids is 1. The molecule has 19 heavy (non-hydrogen) atoms. The summed E-state index contributed by atoms with van der Waals surface area (Å²) in [6.07, 6.45) is 9.68. The molecule has 4 nitrogen and oxygen atoms in total. The summed E-state index contributed by atoms with van der Waals surface area (Å²) < 4.78 is 23.2. The average molecular weight is 283 g/mol. The number of allylic oxidation sites excluding steroid dienone is 2. The summed E-state index contributed by atoms with van der Waals surface area (Å²) in [4.78, 5) is 14.4. The minimum absolute atomic E-state index is 0.0598. The fraction of sp³-hybridized carbons (Fsp3) is 0.786. The number of sulfone groups is 1. The van der Waals surface area contributed by atoms with Gasteiger partial charge in [0.15, 0.2) is 9.84 Å². The van der Waals surface area contributed by atoms with Gasteiger partial charge in [-0.05, 0) is 38.0 Å². The zero-order valence-electron chi connectivity index (χ0n) is 11.1. The Morgan fingerprint density at radius 1 is 1.16 bits per heavy atom. The smallest absolute Gasteiger partial charge is 0.223 e. The number of carbonyl (C=O) groups is 1. The van der Waals surface area contributed by atoms with E-state index in [4.69, 9.17) is 0 Å². The van der Waals surface area contributed by atoms with Crippen LogP contribution in [-0.4, -0.2) is 42.8 Å². The molecule has 0 N–H and O–H groups in total. The maximum Gasteiger partial charge on any atom is 0.223 e. The molecular formula is C14H21NO3S. The van der Waals surface area contributed by atoms with E-state index in [9.17, 15) is 13.2 Å². The molecule has 0 aromatic heterocycles. The van der Waals surface area contributed by atoms with Gasteiger partial charge in [0.1, 0.15) is 0 Å². The molecule has 106 valence electrons. The standard InChI is InChI=1S/C14H21NO3S/c16-14(9-11-3-1-2-4-11)15(12-5-6-12)13-7-8-19(17,18)10-13/h1,3,11-13H,2,4-10H2/t11-,13-/m0/s1. The summed E-state index contributed by atoms with van der Waals surface area (Å²) in [5.74, 6) is 0.959. The zero-order valence-corrected chi connectivity index (χ0v) is 11.9. The molecule has 2 aliphatic carbocycles. The van der Waals surface area contributed by atoms with Crippen LogP contribution in [0.1, 0.15) is 38.5 Å². The van der Waals surface area contributed by atoms with Gasteiger partial charge in [-0.3, -0.25) is 4.79 Å². The van der Waals surface area contributed by atoms with Gasteiger partial charge in [0.25, 0.3) is 0 Å². The first-order chi connectivity index (χ1) is 9.05. The van der Waals surface area contributed by atoms with E-state index in [-0.39, 0.29) is 23.5 Å². The normalized spacial score (nSPS) is 32.6. The Hall–Kier alpha value is -0.840. The summed E-state index contributed by atoms with van der Waals surface area (Å²) in [5.41, 5.74) is 0. The minimum Gasteiger partial charge on any atom is -0.336 e. The first-order valence-corrected chi connectivity index (χ1v) is 9.05. The van der Waals surface area contributed by atoms with E-state index in [1.807, 2.05) is 4.90 Å². The molecule has 1 saturated heterocycles. The molecule has 1 heterocycles. The topological polar surface area (TPSA) is 54.5 Å². The fourth-order valence-corrected chi connectivity index (χ4v) is 4.96. The fourth-order valence-electron chi connectivity index (χ4n) is 3.25. The largest absolute Gasteiger partial charge is 0.336 e. The Morgan fingerprint density at radius 3 is 2.47 bits per heavy atom. The van der Waals surface area contributed by atoms with Crippen LogP contribution in [0.2, 0.25) is 0 Å². The van der Waals surface area contributed by atoms with Gasteiger partial charge in [0.05, 0.1) is 11.5 Å². The van der Waals surface area contributed by atoms with Crippen molar-refractivity contribution in [1.29, 1.82) is 0 Å². The van der Waals surface area contributed by atoms with E-state index >= 15 is 0 Å². The van der Waals surface area contributed by atoms with Gasteiger partial charge in [-0.25, -0.2) is 8.42 Å². The van der Waals surface area contributed by atoms with E-state index in [0.29, 0.717) is 24.8 Å². The van der Waals surface area contributed by atoms with E-state index in [0.717, 1.165) is 25.7 Å². The van der Waals surface area contributed by atoms with Crippen molar-refractivity contribution >= 4 is 15.7 Å². The second-order valence-corrected chi connectivity index (χ2v) is 8.29. The third-order valence-corrected chi connectivity index (χ3v) is 6.13. The molecule has 0 unspecified atom stereocenters. The summed E-state index contributed by atoms with van der Waals surface area (Å²) in [6, 6.07) is 0.256. The number of amides is 1. The zero-order chi connectivity index (χ0) is 13.5. The summed E-state index contributed by atoms with van der Waals surface area (Å²) in [7, 11) is -2.91. The van der Waals surface area contributed by atoms with Crippen LogP contribution in [0.3, 0.4) is 0 Å². The van der Waals surface area contributed by atoms with Crippen LogP contribution in [0.5, 0.6) is 0 Å². The molecule has 2 atom stereocenters. The van der Waals surface area contributed by atoms with Crippen LogP contribution in [0, 0.1) is 5.92 Å². The maximum absolute atomic E-state index is 12.5. The SMILES string of the molecule is O=C(C[C@H]1C=CCC1)N(C1CC1)[C@H]1CCS(=O)(=O)C1. The monoisotopic (exact) mass is 283 g/mol. The molecular weight excluding hydrogens is 262 g/mol. The molecule has 0 radical (unpaired) electrons. The van der Waals surface area contributed by atoms with Crippen LogP contribution >= 0.6 is 0 Å². The lowest BCUT2D eigenvalue weighted by molar-refractivity contribution is -0.134. The van der Waals surface area contributed by atoms with E-state index in [1.165, 1.54) is 0 Å². The highest BCUT2D eigenvalue weighted by atomic mass is 32.2. The third kappa shape index (κ3) is 3.02. The lowest BCUT2D eigenvalue weighted by atomic mass is 10.0. The van der Waals surface area contributed by atoms with E-state index < -0.39 is 9.84 Å². The molecule has 3 aliphatic rings. The molecule has 3 rings (SSSR count). The Labute approximate surface area is 114 Å². The van der Waals surface area contributed by atoms with Gasteiger partial charge in [0, 0.05) is 18.5 Å². The first kappa shape index (κ1) is 13.2. The predicted molar refractivity (Wildman–Crippen MR) is 73.4 cm³/mol. The lowest BCUT2D eigenvalue weighted by Gasteiger charge is -2.29. The minimum atomic E-state index is -2.91. The van der Waals surface area contributed by atoms with Crippen molar-refractivity contribution < 1.29 is 13.2 Å². The molecule has 0 bridgehead atoms. The van der Waals surface area contributed by atoms with Crippen molar-refractivity contribution in [3.05, 3.63) is 12.2 Å². The third-order valence-electron chi connectivity index (χ3n) is 4.38. The average Bonchev–Trinajstić information content (AvgIpc) is 2.90. The number of hydrogen-bond acceptors (Lipinski definition) is 3. The highest BCUT2D eigenvalue weighted by molar-refractivity contribution is 7.91. The van der Waals surface area contributed by atoms with Crippen molar-refractivity contribution in [2.24, 2.45) is 5.92 Å². The summed E-state index contributed by atoms with van der Waals surface area (Å²) >= 11 is 0. The molecule has 1 saturated carbocycles. The van der Waals surface area contributed by atoms with Crippen LogP contribution in [0.25, 0.3) is 0 Å². The van der Waals surface area contributed by atoms with Gasteiger partial charge in [-0.15, -0.1) is 0 Å². The van der Waals surface area contributed by atoms with Gasteiger partial charge in [-0.1, -0.05) is 12.2 Å². The maximum atomic E-state index is 12.5. The van der Waals surface area contributed by atoms with Crippen molar-refractivity contribution in [2.75, 3.05) is 11.5 Å². The van der Waals surface area contributed by atoms with Crippen LogP contribution in [0.15, 0.2) is 12.2 Å². The van der Waals surface area contributed by atoms with Crippen molar-refractivity contribution in [1.82, 2.24) is 4.90 Å². The van der Waals surface area contributed by atoms with Crippen molar-refractivity contribution in [3.63, 3.8) is 0 Å². The Balaban J connectivity index is 1.67. The summed E-state index contributed by atoms with van der Waals surface area (Å²) in [5, 5.41) is 0. The van der Waals surface area contributed by atoms with Crippen LogP contribution in [-0.2, 0) is 14.6 Å². The Kier molecular flexibility index (Phi) is 3.41. The molecule has 1 amide bonds. The van der Waals surface area contributed by atoms with Crippen LogP contribution in [0.4, 0.5) is 0 Å². The van der Waals surface area contributed by atoms with E-state index in [2.05, 4.69) is 12.2 Å². The van der Waals surface area contributed by atoms with Gasteiger partial charge < -0.3 is 4.90 Å². The van der Waals surface area contributed by atoms with Crippen molar-refractivity contribution in [2.45, 2.75) is 50.6 Å². The quantitative estimate of drug-likeness (QED) is 0.735. The lowest BCUT2D eigenvalue weighted by Crippen LogP contribution is -2.43. The Bertz CT molecular complexity index is 493. The predicted octanol–water partition coefficient (Wildman–Crippen LogP) is 1.52. The number of hydrogen-bond donors (Lipinski definition) is 0. The molecule has 5 heteroatoms. The number of rotatable bonds is 4. The highest BCUT2D eigenvalue weighted by Crippen LogP contribution is 2.34. The molecule has 0 spiro atoms.